The lowest BCUT2D eigenvalue weighted by Crippen LogP contribution is -2.34. The normalized spacial score (nSPS) is 11.3. The molecule has 0 radical (unpaired) electrons. The molecule has 7 heteroatoms. The topological polar surface area (TPSA) is 90.3 Å². The van der Waals surface area contributed by atoms with E-state index in [2.05, 4.69) is 5.32 Å². The lowest BCUT2D eigenvalue weighted by molar-refractivity contribution is -0.116. The summed E-state index contributed by atoms with van der Waals surface area (Å²) in [5.41, 5.74) is 0.848. The highest BCUT2D eigenvalue weighted by atomic mass is 32.2. The standard InChI is InChI=1S/C20H17N3O3S/c1-23(14-20(24)22-18-8-4-5-15(11-18)13-21)27(25,26)19-10-9-16-6-2-3-7-17(16)12-19/h2-12H,14H2,1H3,(H,22,24). The number of hydrogen-bond acceptors (Lipinski definition) is 4. The van der Waals surface area contributed by atoms with Gasteiger partial charge in [0.25, 0.3) is 0 Å². The maximum Gasteiger partial charge on any atom is 0.243 e. The van der Waals surface area contributed by atoms with Gasteiger partial charge in [-0.05, 0) is 41.1 Å². The van der Waals surface area contributed by atoms with E-state index in [9.17, 15) is 13.2 Å². The molecule has 0 saturated heterocycles. The molecule has 0 unspecified atom stereocenters. The van der Waals surface area contributed by atoms with Crippen LogP contribution in [-0.4, -0.2) is 32.2 Å². The van der Waals surface area contributed by atoms with Crippen molar-refractivity contribution in [2.24, 2.45) is 0 Å². The molecule has 3 aromatic carbocycles. The van der Waals surface area contributed by atoms with Crippen molar-refractivity contribution in [1.82, 2.24) is 4.31 Å². The van der Waals surface area contributed by atoms with Crippen LogP contribution < -0.4 is 5.32 Å². The van der Waals surface area contributed by atoms with E-state index in [1.807, 2.05) is 30.3 Å². The van der Waals surface area contributed by atoms with Crippen LogP contribution >= 0.6 is 0 Å². The molecular formula is C20H17N3O3S. The molecular weight excluding hydrogens is 362 g/mol. The first-order valence-corrected chi connectivity index (χ1v) is 9.59. The second-order valence-electron chi connectivity index (χ2n) is 6.01. The molecule has 0 aromatic heterocycles. The molecule has 136 valence electrons. The highest BCUT2D eigenvalue weighted by molar-refractivity contribution is 7.89. The quantitative estimate of drug-likeness (QED) is 0.738. The summed E-state index contributed by atoms with van der Waals surface area (Å²) in [5.74, 6) is -0.489. The van der Waals surface area contributed by atoms with Crippen LogP contribution in [0.15, 0.2) is 71.6 Å². The van der Waals surface area contributed by atoms with Crippen molar-refractivity contribution in [3.05, 3.63) is 72.3 Å². The molecule has 0 aliphatic heterocycles. The van der Waals surface area contributed by atoms with Crippen LogP contribution in [0.1, 0.15) is 5.56 Å². The van der Waals surface area contributed by atoms with Gasteiger partial charge in [-0.3, -0.25) is 4.79 Å². The van der Waals surface area contributed by atoms with Crippen molar-refractivity contribution in [2.75, 3.05) is 18.9 Å². The van der Waals surface area contributed by atoms with Crippen LogP contribution in [0, 0.1) is 11.3 Å². The fraction of sp³-hybridized carbons (Fsp3) is 0.100. The second-order valence-corrected chi connectivity index (χ2v) is 8.06. The molecule has 3 aromatic rings. The zero-order valence-electron chi connectivity index (χ0n) is 14.6. The van der Waals surface area contributed by atoms with Crippen LogP contribution in [0.4, 0.5) is 5.69 Å². The molecule has 0 saturated carbocycles. The Morgan fingerprint density at radius 2 is 1.78 bits per heavy atom. The van der Waals surface area contributed by atoms with E-state index >= 15 is 0 Å². The Hall–Kier alpha value is -3.21. The molecule has 27 heavy (non-hydrogen) atoms. The number of nitrogens with one attached hydrogen (secondary N) is 1. The van der Waals surface area contributed by atoms with Gasteiger partial charge in [0, 0.05) is 12.7 Å². The van der Waals surface area contributed by atoms with Crippen molar-refractivity contribution in [2.45, 2.75) is 4.90 Å². The van der Waals surface area contributed by atoms with Crippen LogP contribution in [0.2, 0.25) is 0 Å². The molecule has 3 rings (SSSR count). The third kappa shape index (κ3) is 4.14. The van der Waals surface area contributed by atoms with E-state index in [0.29, 0.717) is 11.3 Å². The van der Waals surface area contributed by atoms with Gasteiger partial charge in [0.05, 0.1) is 23.1 Å². The maximum absolute atomic E-state index is 12.8. The Kier molecular flexibility index (Phi) is 5.21. The number of amides is 1. The third-order valence-corrected chi connectivity index (χ3v) is 5.87. The van der Waals surface area contributed by atoms with Crippen LogP contribution in [0.5, 0.6) is 0 Å². The number of hydrogen-bond donors (Lipinski definition) is 1. The zero-order valence-corrected chi connectivity index (χ0v) is 15.4. The highest BCUT2D eigenvalue weighted by Gasteiger charge is 2.23. The first-order valence-electron chi connectivity index (χ1n) is 8.15. The Bertz CT molecular complexity index is 1150. The summed E-state index contributed by atoms with van der Waals surface area (Å²) in [6.45, 7) is -0.341. The zero-order chi connectivity index (χ0) is 19.4. The minimum absolute atomic E-state index is 0.128. The van der Waals surface area contributed by atoms with Gasteiger partial charge >= 0.3 is 0 Å². The van der Waals surface area contributed by atoms with Crippen molar-refractivity contribution < 1.29 is 13.2 Å². The number of nitriles is 1. The van der Waals surface area contributed by atoms with Gasteiger partial charge in [-0.2, -0.15) is 9.57 Å². The van der Waals surface area contributed by atoms with Gasteiger partial charge in [0.15, 0.2) is 0 Å². The number of benzene rings is 3. The minimum Gasteiger partial charge on any atom is -0.325 e. The summed E-state index contributed by atoms with van der Waals surface area (Å²) >= 11 is 0. The molecule has 0 bridgehead atoms. The maximum atomic E-state index is 12.8. The molecule has 1 N–H and O–H groups in total. The molecule has 6 nitrogen and oxygen atoms in total. The summed E-state index contributed by atoms with van der Waals surface area (Å²) in [6, 6.07) is 20.7. The number of likely N-dealkylation sites (N-methyl/N-ethyl adjacent to an activating group) is 1. The number of anilines is 1. The number of carbonyl (C=O) groups is 1. The van der Waals surface area contributed by atoms with Crippen LogP contribution in [-0.2, 0) is 14.8 Å². The number of nitrogens with zero attached hydrogens (tertiary/aromatic N) is 2. The van der Waals surface area contributed by atoms with Crippen molar-refractivity contribution in [3.8, 4) is 6.07 Å². The predicted molar refractivity (Wildman–Crippen MR) is 104 cm³/mol. The van der Waals surface area contributed by atoms with Crippen LogP contribution in [0.3, 0.4) is 0 Å². The summed E-state index contributed by atoms with van der Waals surface area (Å²) in [5, 5.41) is 13.3. The second kappa shape index (κ2) is 7.58. The average Bonchev–Trinajstić information content (AvgIpc) is 2.67. The largest absolute Gasteiger partial charge is 0.325 e. The van der Waals surface area contributed by atoms with E-state index in [-0.39, 0.29) is 11.4 Å². The highest BCUT2D eigenvalue weighted by Crippen LogP contribution is 2.21. The average molecular weight is 379 g/mol. The molecule has 1 amide bonds. The van der Waals surface area contributed by atoms with E-state index in [1.54, 1.807) is 30.3 Å². The smallest absolute Gasteiger partial charge is 0.243 e. The van der Waals surface area contributed by atoms with Gasteiger partial charge in [-0.15, -0.1) is 0 Å². The Balaban J connectivity index is 1.75. The fourth-order valence-electron chi connectivity index (χ4n) is 2.66. The summed E-state index contributed by atoms with van der Waals surface area (Å²) in [7, 11) is -2.45. The number of carbonyl (C=O) groups excluding carboxylic acids is 1. The monoisotopic (exact) mass is 379 g/mol. The summed E-state index contributed by atoms with van der Waals surface area (Å²) in [6.07, 6.45) is 0. The fourth-order valence-corrected chi connectivity index (χ4v) is 3.83. The van der Waals surface area contributed by atoms with Crippen molar-refractivity contribution in [3.63, 3.8) is 0 Å². The van der Waals surface area contributed by atoms with E-state index in [4.69, 9.17) is 5.26 Å². The van der Waals surface area contributed by atoms with E-state index < -0.39 is 15.9 Å². The number of sulfonamides is 1. The van der Waals surface area contributed by atoms with E-state index in [1.165, 1.54) is 19.2 Å². The Morgan fingerprint density at radius 3 is 2.52 bits per heavy atom. The Morgan fingerprint density at radius 1 is 1.04 bits per heavy atom. The minimum atomic E-state index is -3.81. The van der Waals surface area contributed by atoms with Gasteiger partial charge in [0.1, 0.15) is 0 Å². The lowest BCUT2D eigenvalue weighted by atomic mass is 10.1. The van der Waals surface area contributed by atoms with Crippen molar-refractivity contribution >= 4 is 32.4 Å². The number of rotatable bonds is 5. The van der Waals surface area contributed by atoms with E-state index in [0.717, 1.165) is 15.1 Å². The molecule has 0 aliphatic carbocycles. The molecule has 0 spiro atoms. The molecule has 0 aliphatic rings. The first-order chi connectivity index (χ1) is 12.9. The first kappa shape index (κ1) is 18.6. The summed E-state index contributed by atoms with van der Waals surface area (Å²) < 4.78 is 26.5. The third-order valence-electron chi connectivity index (χ3n) is 4.07. The predicted octanol–water partition coefficient (Wildman–Crippen LogP) is 2.97. The molecule has 0 heterocycles. The lowest BCUT2D eigenvalue weighted by Gasteiger charge is -2.17. The van der Waals surface area contributed by atoms with Gasteiger partial charge in [-0.1, -0.05) is 36.4 Å². The SMILES string of the molecule is CN(CC(=O)Nc1cccc(C#N)c1)S(=O)(=O)c1ccc2ccccc2c1. The Labute approximate surface area is 157 Å². The molecule has 0 atom stereocenters. The van der Waals surface area contributed by atoms with Gasteiger partial charge in [-0.25, -0.2) is 8.42 Å². The van der Waals surface area contributed by atoms with Gasteiger partial charge in [0.2, 0.25) is 15.9 Å². The number of fused-ring (bicyclic) bond motifs is 1. The summed E-state index contributed by atoms with van der Waals surface area (Å²) in [4.78, 5) is 12.3. The molecule has 0 fully saturated rings. The van der Waals surface area contributed by atoms with Crippen LogP contribution in [0.25, 0.3) is 10.8 Å². The van der Waals surface area contributed by atoms with Crippen molar-refractivity contribution in [1.29, 1.82) is 5.26 Å². The van der Waals surface area contributed by atoms with Gasteiger partial charge < -0.3 is 5.32 Å².